The van der Waals surface area contributed by atoms with Gasteiger partial charge in [0.2, 0.25) is 5.95 Å². The van der Waals surface area contributed by atoms with Gasteiger partial charge in [0.1, 0.15) is 5.82 Å². The number of carbonyl (C=O) groups excluding carboxylic acids is 1. The molecule has 0 spiro atoms. The van der Waals surface area contributed by atoms with Gasteiger partial charge in [-0.3, -0.25) is 4.79 Å². The van der Waals surface area contributed by atoms with E-state index in [2.05, 4.69) is 38.7 Å². The zero-order valence-electron chi connectivity index (χ0n) is 19.5. The molecule has 3 aromatic rings. The van der Waals surface area contributed by atoms with Crippen LogP contribution >= 0.6 is 0 Å². The number of piperazine rings is 1. The van der Waals surface area contributed by atoms with Gasteiger partial charge in [0, 0.05) is 49.7 Å². The second-order valence-electron chi connectivity index (χ2n) is 9.20. The summed E-state index contributed by atoms with van der Waals surface area (Å²) in [5.41, 5.74) is 3.42. The molecule has 172 valence electrons. The third-order valence-corrected chi connectivity index (χ3v) is 6.79. The first-order chi connectivity index (χ1) is 16.0. The number of carbonyl (C=O) groups is 1. The molecule has 8 heteroatoms. The van der Waals surface area contributed by atoms with Crippen molar-refractivity contribution in [1.82, 2.24) is 29.3 Å². The summed E-state index contributed by atoms with van der Waals surface area (Å²) < 4.78 is 2.29. The topological polar surface area (TPSA) is 79.2 Å². The highest BCUT2D eigenvalue weighted by molar-refractivity contribution is 5.94. The van der Waals surface area contributed by atoms with Crippen LogP contribution in [0.1, 0.15) is 42.0 Å². The smallest absolute Gasteiger partial charge is 0.253 e. The Bertz CT molecular complexity index is 1130. The first kappa shape index (κ1) is 21.6. The summed E-state index contributed by atoms with van der Waals surface area (Å²) in [6.07, 6.45) is 6.23. The third-order valence-electron chi connectivity index (χ3n) is 6.79. The number of imidazole rings is 1. The number of aryl methyl sites for hydroxylation is 1. The van der Waals surface area contributed by atoms with Crippen LogP contribution in [-0.2, 0) is 0 Å². The number of anilines is 2. The molecule has 1 atom stereocenters. The molecule has 2 aromatic heterocycles. The van der Waals surface area contributed by atoms with Crippen molar-refractivity contribution in [2.24, 2.45) is 5.92 Å². The number of benzene rings is 1. The first-order valence-electron chi connectivity index (χ1n) is 11.7. The molecule has 0 bridgehead atoms. The number of hydrogen-bond donors (Lipinski definition) is 1. The van der Waals surface area contributed by atoms with E-state index >= 15 is 0 Å². The molecule has 33 heavy (non-hydrogen) atoms. The summed E-state index contributed by atoms with van der Waals surface area (Å²) in [7, 11) is 2.09. The van der Waals surface area contributed by atoms with Gasteiger partial charge in [-0.25, -0.2) is 15.0 Å². The zero-order valence-corrected chi connectivity index (χ0v) is 19.5. The highest BCUT2D eigenvalue weighted by Gasteiger charge is 2.31. The van der Waals surface area contributed by atoms with Gasteiger partial charge in [0.15, 0.2) is 0 Å². The minimum atomic E-state index is 0.0845. The van der Waals surface area contributed by atoms with E-state index in [0.717, 1.165) is 55.0 Å². The van der Waals surface area contributed by atoms with Gasteiger partial charge in [-0.1, -0.05) is 0 Å². The standard InChI is InChI=1S/C25H31N7O/c1-17(19-4-5-19)32-18(2)27-16-23(32)22-10-11-26-25(29-22)28-21-8-6-20(7-9-21)24(33)31-14-12-30(3)13-15-31/h6-11,16-17,19H,4-5,12-15H2,1-3H3,(H,26,28,29). The van der Waals surface area contributed by atoms with E-state index in [1.165, 1.54) is 12.8 Å². The number of hydrogen-bond acceptors (Lipinski definition) is 6. The maximum absolute atomic E-state index is 12.8. The van der Waals surface area contributed by atoms with E-state index in [1.54, 1.807) is 6.20 Å². The fourth-order valence-electron chi connectivity index (χ4n) is 4.53. The lowest BCUT2D eigenvalue weighted by Gasteiger charge is -2.32. The summed E-state index contributed by atoms with van der Waals surface area (Å²) in [6, 6.07) is 9.88. The van der Waals surface area contributed by atoms with Crippen molar-refractivity contribution in [3.8, 4) is 11.4 Å². The Kier molecular flexibility index (Phi) is 5.85. The van der Waals surface area contributed by atoms with Crippen molar-refractivity contribution >= 4 is 17.5 Å². The summed E-state index contributed by atoms with van der Waals surface area (Å²) in [4.78, 5) is 30.6. The molecule has 1 aromatic carbocycles. The Balaban J connectivity index is 1.30. The molecule has 2 fully saturated rings. The minimum Gasteiger partial charge on any atom is -0.336 e. The Hall–Kier alpha value is -3.26. The quantitative estimate of drug-likeness (QED) is 0.623. The molecule has 1 saturated carbocycles. The lowest BCUT2D eigenvalue weighted by molar-refractivity contribution is 0.0664. The van der Waals surface area contributed by atoms with E-state index in [0.29, 0.717) is 17.6 Å². The van der Waals surface area contributed by atoms with Crippen molar-refractivity contribution in [2.45, 2.75) is 32.7 Å². The number of nitrogens with one attached hydrogen (secondary N) is 1. The van der Waals surface area contributed by atoms with Gasteiger partial charge in [0.05, 0.1) is 17.6 Å². The van der Waals surface area contributed by atoms with E-state index in [9.17, 15) is 4.79 Å². The maximum Gasteiger partial charge on any atom is 0.253 e. The molecular formula is C25H31N7O. The molecule has 1 N–H and O–H groups in total. The van der Waals surface area contributed by atoms with E-state index in [-0.39, 0.29) is 5.91 Å². The third kappa shape index (κ3) is 4.61. The molecule has 5 rings (SSSR count). The number of amides is 1. The molecule has 1 aliphatic heterocycles. The Labute approximate surface area is 194 Å². The van der Waals surface area contributed by atoms with Crippen LogP contribution in [0, 0.1) is 12.8 Å². The predicted molar refractivity (Wildman–Crippen MR) is 129 cm³/mol. The van der Waals surface area contributed by atoms with Gasteiger partial charge in [-0.05, 0) is 70.0 Å². The monoisotopic (exact) mass is 445 g/mol. The van der Waals surface area contributed by atoms with Gasteiger partial charge >= 0.3 is 0 Å². The molecule has 8 nitrogen and oxygen atoms in total. The van der Waals surface area contributed by atoms with Gasteiger partial charge in [0.25, 0.3) is 5.91 Å². The average Bonchev–Trinajstić information content (AvgIpc) is 3.61. The highest BCUT2D eigenvalue weighted by atomic mass is 16.2. The van der Waals surface area contributed by atoms with Crippen molar-refractivity contribution in [3.05, 3.63) is 54.1 Å². The van der Waals surface area contributed by atoms with Crippen LogP contribution in [0.25, 0.3) is 11.4 Å². The number of rotatable bonds is 6. The summed E-state index contributed by atoms with van der Waals surface area (Å²) >= 11 is 0. The second kappa shape index (κ2) is 8.94. The summed E-state index contributed by atoms with van der Waals surface area (Å²) in [6.45, 7) is 7.68. The maximum atomic E-state index is 12.8. The Morgan fingerprint density at radius 1 is 1.06 bits per heavy atom. The van der Waals surface area contributed by atoms with Crippen LogP contribution in [0.2, 0.25) is 0 Å². The van der Waals surface area contributed by atoms with Gasteiger partial charge in [-0.15, -0.1) is 0 Å². The van der Waals surface area contributed by atoms with Crippen molar-refractivity contribution in [1.29, 1.82) is 0 Å². The lowest BCUT2D eigenvalue weighted by Crippen LogP contribution is -2.47. The van der Waals surface area contributed by atoms with Gasteiger partial charge in [-0.2, -0.15) is 0 Å². The SMILES string of the molecule is Cc1ncc(-c2ccnc(Nc3ccc(C(=O)N4CCN(C)CC4)cc3)n2)n1C(C)C1CC1. The van der Waals surface area contributed by atoms with Crippen LogP contribution in [0.3, 0.4) is 0 Å². The van der Waals surface area contributed by atoms with Crippen molar-refractivity contribution in [2.75, 3.05) is 38.5 Å². The molecule has 0 radical (unpaired) electrons. The zero-order chi connectivity index (χ0) is 22.9. The Morgan fingerprint density at radius 2 is 1.79 bits per heavy atom. The van der Waals surface area contributed by atoms with Crippen LogP contribution in [0.5, 0.6) is 0 Å². The molecular weight excluding hydrogens is 414 g/mol. The van der Waals surface area contributed by atoms with E-state index in [1.807, 2.05) is 48.4 Å². The fourth-order valence-corrected chi connectivity index (χ4v) is 4.53. The Morgan fingerprint density at radius 3 is 2.48 bits per heavy atom. The van der Waals surface area contributed by atoms with Crippen LogP contribution in [0.15, 0.2) is 42.7 Å². The van der Waals surface area contributed by atoms with Crippen LogP contribution < -0.4 is 5.32 Å². The van der Waals surface area contributed by atoms with Crippen molar-refractivity contribution < 1.29 is 4.79 Å². The first-order valence-corrected chi connectivity index (χ1v) is 11.7. The van der Waals surface area contributed by atoms with E-state index < -0.39 is 0 Å². The number of aromatic nitrogens is 4. The van der Waals surface area contributed by atoms with E-state index in [4.69, 9.17) is 4.98 Å². The lowest BCUT2D eigenvalue weighted by atomic mass is 10.1. The largest absolute Gasteiger partial charge is 0.336 e. The summed E-state index contributed by atoms with van der Waals surface area (Å²) in [5.74, 6) is 2.35. The molecule has 1 aliphatic carbocycles. The second-order valence-corrected chi connectivity index (χ2v) is 9.20. The summed E-state index contributed by atoms with van der Waals surface area (Å²) in [5, 5.41) is 3.27. The normalized spacial score (nSPS) is 17.7. The fraction of sp³-hybridized carbons (Fsp3) is 0.440. The number of nitrogens with zero attached hydrogens (tertiary/aromatic N) is 6. The molecule has 1 saturated heterocycles. The highest BCUT2D eigenvalue weighted by Crippen LogP contribution is 2.41. The minimum absolute atomic E-state index is 0.0845. The van der Waals surface area contributed by atoms with Crippen LogP contribution in [-0.4, -0.2) is 68.5 Å². The number of likely N-dealkylation sites (N-methyl/N-ethyl adjacent to an activating group) is 1. The predicted octanol–water partition coefficient (Wildman–Crippen LogP) is 3.75. The van der Waals surface area contributed by atoms with Gasteiger partial charge < -0.3 is 19.7 Å². The average molecular weight is 446 g/mol. The van der Waals surface area contributed by atoms with Crippen LogP contribution in [0.4, 0.5) is 11.6 Å². The molecule has 1 amide bonds. The van der Waals surface area contributed by atoms with Crippen molar-refractivity contribution in [3.63, 3.8) is 0 Å². The molecule has 3 heterocycles. The molecule has 1 unspecified atom stereocenters. The molecule has 2 aliphatic rings.